The van der Waals surface area contributed by atoms with E-state index < -0.39 is 5.54 Å². The van der Waals surface area contributed by atoms with Crippen molar-refractivity contribution in [1.82, 2.24) is 10.2 Å². The minimum absolute atomic E-state index is 0.284. The molecule has 4 nitrogen and oxygen atoms in total. The summed E-state index contributed by atoms with van der Waals surface area (Å²) in [6.45, 7) is 5.47. The van der Waals surface area contributed by atoms with Crippen LogP contribution in [0.2, 0.25) is 0 Å². The van der Waals surface area contributed by atoms with Gasteiger partial charge in [-0.15, -0.1) is 0 Å². The Morgan fingerprint density at radius 3 is 2.38 bits per heavy atom. The lowest BCUT2D eigenvalue weighted by atomic mass is 9.98. The van der Waals surface area contributed by atoms with Crippen LogP contribution in [-0.2, 0) is 4.79 Å². The van der Waals surface area contributed by atoms with E-state index in [1.807, 2.05) is 27.9 Å². The largest absolute Gasteiger partial charge is 0.368 e. The summed E-state index contributed by atoms with van der Waals surface area (Å²) in [6, 6.07) is 0. The summed E-state index contributed by atoms with van der Waals surface area (Å²) in [4.78, 5) is 13.1. The van der Waals surface area contributed by atoms with Crippen molar-refractivity contribution in [2.45, 2.75) is 25.8 Å². The number of likely N-dealkylation sites (N-methyl/N-ethyl adjacent to an activating group) is 1. The molecule has 1 amide bonds. The van der Waals surface area contributed by atoms with Gasteiger partial charge in [-0.2, -0.15) is 0 Å². The Kier molecular flexibility index (Phi) is 4.95. The van der Waals surface area contributed by atoms with Crippen molar-refractivity contribution in [3.05, 3.63) is 0 Å². The molecule has 1 unspecified atom stereocenters. The molecule has 0 saturated heterocycles. The van der Waals surface area contributed by atoms with E-state index >= 15 is 0 Å². The average molecular weight is 187 g/mol. The quantitative estimate of drug-likeness (QED) is 0.605. The summed E-state index contributed by atoms with van der Waals surface area (Å²) in [5, 5.41) is 3.16. The second-order valence-electron chi connectivity index (χ2n) is 3.78. The van der Waals surface area contributed by atoms with Crippen molar-refractivity contribution in [3.8, 4) is 0 Å². The van der Waals surface area contributed by atoms with E-state index in [0.717, 1.165) is 19.5 Å². The van der Waals surface area contributed by atoms with Gasteiger partial charge in [0.2, 0.25) is 5.91 Å². The molecule has 0 spiro atoms. The second-order valence-corrected chi connectivity index (χ2v) is 3.78. The fourth-order valence-corrected chi connectivity index (χ4v) is 0.942. The van der Waals surface area contributed by atoms with E-state index in [4.69, 9.17) is 5.73 Å². The van der Waals surface area contributed by atoms with Crippen LogP contribution in [0.25, 0.3) is 0 Å². The fraction of sp³-hybridized carbons (Fsp3) is 0.889. The maximum absolute atomic E-state index is 11.1. The maximum Gasteiger partial charge on any atom is 0.237 e. The number of hydrogen-bond acceptors (Lipinski definition) is 3. The highest BCUT2D eigenvalue weighted by molar-refractivity contribution is 5.84. The summed E-state index contributed by atoms with van der Waals surface area (Å²) < 4.78 is 0. The normalized spacial score (nSPS) is 15.8. The van der Waals surface area contributed by atoms with Crippen LogP contribution in [0.1, 0.15) is 20.3 Å². The number of nitrogens with two attached hydrogens (primary N) is 1. The third kappa shape index (κ3) is 4.24. The van der Waals surface area contributed by atoms with Crippen LogP contribution in [-0.4, -0.2) is 43.5 Å². The predicted octanol–water partition coefficient (Wildman–Crippen LogP) is -0.208. The molecule has 0 heterocycles. The van der Waals surface area contributed by atoms with Crippen molar-refractivity contribution in [1.29, 1.82) is 0 Å². The summed E-state index contributed by atoms with van der Waals surface area (Å²) in [5.41, 5.74) is 4.72. The third-order valence-corrected chi connectivity index (χ3v) is 2.33. The SMILES string of the molecule is CCC(C)(NCCN(C)C)C(N)=O. The number of primary amides is 1. The van der Waals surface area contributed by atoms with Gasteiger partial charge in [-0.1, -0.05) is 6.92 Å². The molecule has 0 saturated carbocycles. The standard InChI is InChI=1S/C9H21N3O/c1-5-9(2,8(10)13)11-6-7-12(3)4/h11H,5-7H2,1-4H3,(H2,10,13). The molecule has 0 bridgehead atoms. The monoisotopic (exact) mass is 187 g/mol. The minimum Gasteiger partial charge on any atom is -0.368 e. The molecule has 0 aliphatic rings. The highest BCUT2D eigenvalue weighted by Crippen LogP contribution is 2.06. The first-order valence-electron chi connectivity index (χ1n) is 4.62. The molecule has 0 aliphatic heterocycles. The predicted molar refractivity (Wildman–Crippen MR) is 54.4 cm³/mol. The number of carbonyl (C=O) groups is 1. The Labute approximate surface area is 80.5 Å². The smallest absolute Gasteiger partial charge is 0.237 e. The molecule has 0 aromatic carbocycles. The van der Waals surface area contributed by atoms with Crippen LogP contribution in [0.4, 0.5) is 0 Å². The lowest BCUT2D eigenvalue weighted by Crippen LogP contribution is -2.54. The zero-order valence-electron chi connectivity index (χ0n) is 9.05. The molecule has 3 N–H and O–H groups in total. The topological polar surface area (TPSA) is 58.4 Å². The molecule has 0 aromatic heterocycles. The molecule has 0 aliphatic carbocycles. The summed E-state index contributed by atoms with van der Waals surface area (Å²) in [6.07, 6.45) is 0.718. The highest BCUT2D eigenvalue weighted by Gasteiger charge is 2.27. The Morgan fingerprint density at radius 1 is 1.54 bits per heavy atom. The van der Waals surface area contributed by atoms with Gasteiger partial charge >= 0.3 is 0 Å². The van der Waals surface area contributed by atoms with Gasteiger partial charge < -0.3 is 16.0 Å². The maximum atomic E-state index is 11.1. The first kappa shape index (κ1) is 12.4. The Hall–Kier alpha value is -0.610. The lowest BCUT2D eigenvalue weighted by Gasteiger charge is -2.26. The average Bonchev–Trinajstić information content (AvgIpc) is 2.03. The number of carbonyl (C=O) groups excluding carboxylic acids is 1. The molecule has 0 aromatic rings. The molecule has 0 radical (unpaired) electrons. The van der Waals surface area contributed by atoms with Crippen molar-refractivity contribution in [3.63, 3.8) is 0 Å². The van der Waals surface area contributed by atoms with Crippen LogP contribution in [0, 0.1) is 0 Å². The third-order valence-electron chi connectivity index (χ3n) is 2.33. The molecule has 4 heteroatoms. The van der Waals surface area contributed by atoms with Crippen LogP contribution < -0.4 is 11.1 Å². The zero-order chi connectivity index (χ0) is 10.5. The van der Waals surface area contributed by atoms with Crippen LogP contribution >= 0.6 is 0 Å². The zero-order valence-corrected chi connectivity index (χ0v) is 9.05. The Bertz CT molecular complexity index is 170. The van der Waals surface area contributed by atoms with Gasteiger partial charge in [0.05, 0.1) is 5.54 Å². The van der Waals surface area contributed by atoms with E-state index in [-0.39, 0.29) is 5.91 Å². The van der Waals surface area contributed by atoms with Crippen LogP contribution in [0.3, 0.4) is 0 Å². The van der Waals surface area contributed by atoms with E-state index in [2.05, 4.69) is 10.2 Å². The van der Waals surface area contributed by atoms with Gasteiger partial charge in [0.25, 0.3) is 0 Å². The minimum atomic E-state index is -0.560. The summed E-state index contributed by atoms with van der Waals surface area (Å²) in [5.74, 6) is -0.284. The molecular formula is C9H21N3O. The van der Waals surface area contributed by atoms with E-state index in [0.29, 0.717) is 0 Å². The van der Waals surface area contributed by atoms with Crippen LogP contribution in [0.5, 0.6) is 0 Å². The van der Waals surface area contributed by atoms with Gasteiger partial charge in [0.1, 0.15) is 0 Å². The number of amides is 1. The van der Waals surface area contributed by atoms with E-state index in [9.17, 15) is 4.79 Å². The van der Waals surface area contributed by atoms with Crippen molar-refractivity contribution in [2.24, 2.45) is 5.73 Å². The number of nitrogens with zero attached hydrogens (tertiary/aromatic N) is 1. The summed E-state index contributed by atoms with van der Waals surface area (Å²) in [7, 11) is 3.99. The van der Waals surface area contributed by atoms with Gasteiger partial charge in [-0.25, -0.2) is 0 Å². The first-order chi connectivity index (χ1) is 5.92. The highest BCUT2D eigenvalue weighted by atomic mass is 16.1. The van der Waals surface area contributed by atoms with Gasteiger partial charge in [-0.3, -0.25) is 4.79 Å². The molecular weight excluding hydrogens is 166 g/mol. The first-order valence-corrected chi connectivity index (χ1v) is 4.62. The Morgan fingerprint density at radius 2 is 2.08 bits per heavy atom. The van der Waals surface area contributed by atoms with E-state index in [1.54, 1.807) is 0 Å². The molecule has 1 atom stereocenters. The Balaban J connectivity index is 3.92. The van der Waals surface area contributed by atoms with Crippen molar-refractivity contribution >= 4 is 5.91 Å². The number of rotatable bonds is 6. The fourth-order valence-electron chi connectivity index (χ4n) is 0.942. The number of nitrogens with one attached hydrogen (secondary N) is 1. The number of hydrogen-bond donors (Lipinski definition) is 2. The van der Waals surface area contributed by atoms with Crippen molar-refractivity contribution < 1.29 is 4.79 Å². The van der Waals surface area contributed by atoms with Crippen LogP contribution in [0.15, 0.2) is 0 Å². The molecule has 13 heavy (non-hydrogen) atoms. The summed E-state index contributed by atoms with van der Waals surface area (Å²) >= 11 is 0. The molecule has 0 rings (SSSR count). The molecule has 78 valence electrons. The van der Waals surface area contributed by atoms with Gasteiger partial charge in [0, 0.05) is 13.1 Å². The van der Waals surface area contributed by atoms with Crippen molar-refractivity contribution in [2.75, 3.05) is 27.2 Å². The second kappa shape index (κ2) is 5.19. The van der Waals surface area contributed by atoms with Gasteiger partial charge in [0.15, 0.2) is 0 Å². The molecule has 0 fully saturated rings. The van der Waals surface area contributed by atoms with Gasteiger partial charge in [-0.05, 0) is 27.4 Å². The van der Waals surface area contributed by atoms with E-state index in [1.165, 1.54) is 0 Å². The lowest BCUT2D eigenvalue weighted by molar-refractivity contribution is -0.123.